The second-order valence-corrected chi connectivity index (χ2v) is 9.66. The molecule has 0 saturated carbocycles. The van der Waals surface area contributed by atoms with Crippen molar-refractivity contribution in [2.75, 3.05) is 26.2 Å². The normalized spacial score (nSPS) is 25.3. The van der Waals surface area contributed by atoms with E-state index in [1.807, 2.05) is 23.1 Å². The number of nitriles is 1. The van der Waals surface area contributed by atoms with Gasteiger partial charge in [-0.3, -0.25) is 9.69 Å². The Bertz CT molecular complexity index is 1120. The largest absolute Gasteiger partial charge is 0.340 e. The van der Waals surface area contributed by atoms with Crippen LogP contribution in [0.25, 0.3) is 5.70 Å². The van der Waals surface area contributed by atoms with Gasteiger partial charge in [0.2, 0.25) is 5.91 Å². The zero-order chi connectivity index (χ0) is 22.8. The molecule has 0 spiro atoms. The highest BCUT2D eigenvalue weighted by molar-refractivity contribution is 5.77. The van der Waals surface area contributed by atoms with E-state index in [1.54, 1.807) is 11.0 Å². The fraction of sp³-hybridized carbons (Fsp3) is 0.480. The lowest BCUT2D eigenvalue weighted by molar-refractivity contribution is -0.135. The van der Waals surface area contributed by atoms with E-state index in [2.05, 4.69) is 51.6 Å². The highest BCUT2D eigenvalue weighted by Gasteiger charge is 2.32. The van der Waals surface area contributed by atoms with Crippen molar-refractivity contribution < 1.29 is 4.79 Å². The monoisotopic (exact) mass is 443 g/mol. The summed E-state index contributed by atoms with van der Waals surface area (Å²) >= 11 is 0. The maximum atomic E-state index is 13.1. The number of tetrazole rings is 1. The SMILES string of the molecule is CC1(CC(=O)N2CCN(C3CCc4cc(C#N)ccc4C3)CC2)C=CC(n2cnnn2)=CC1. The van der Waals surface area contributed by atoms with Crippen LogP contribution in [-0.4, -0.2) is 68.1 Å². The number of carbonyl (C=O) groups is 1. The number of amides is 1. The number of hydrogen-bond donors (Lipinski definition) is 0. The molecule has 0 bridgehead atoms. The van der Waals surface area contributed by atoms with Crippen LogP contribution in [0.15, 0.2) is 42.8 Å². The van der Waals surface area contributed by atoms with E-state index in [4.69, 9.17) is 5.26 Å². The highest BCUT2D eigenvalue weighted by Crippen LogP contribution is 2.34. The Morgan fingerprint density at radius 2 is 2.09 bits per heavy atom. The fourth-order valence-electron chi connectivity index (χ4n) is 5.25. The molecule has 2 aliphatic carbocycles. The van der Waals surface area contributed by atoms with Gasteiger partial charge in [-0.25, -0.2) is 4.68 Å². The predicted molar refractivity (Wildman–Crippen MR) is 124 cm³/mol. The third kappa shape index (κ3) is 4.60. The molecule has 8 nitrogen and oxygen atoms in total. The van der Waals surface area contributed by atoms with Gasteiger partial charge in [-0.2, -0.15) is 5.26 Å². The molecule has 33 heavy (non-hydrogen) atoms. The van der Waals surface area contributed by atoms with Crippen LogP contribution in [0.3, 0.4) is 0 Å². The third-order valence-electron chi connectivity index (χ3n) is 7.32. The molecule has 1 aromatic carbocycles. The highest BCUT2D eigenvalue weighted by atomic mass is 16.2. The summed E-state index contributed by atoms with van der Waals surface area (Å²) in [5, 5.41) is 20.4. The minimum absolute atomic E-state index is 0.179. The van der Waals surface area contributed by atoms with Crippen LogP contribution in [0.4, 0.5) is 0 Å². The number of aromatic nitrogens is 4. The van der Waals surface area contributed by atoms with Gasteiger partial charge in [0, 0.05) is 38.6 Å². The van der Waals surface area contributed by atoms with Gasteiger partial charge in [0.05, 0.1) is 17.3 Å². The molecule has 2 unspecified atom stereocenters. The topological polar surface area (TPSA) is 90.9 Å². The third-order valence-corrected chi connectivity index (χ3v) is 7.32. The number of aryl methyl sites for hydroxylation is 1. The predicted octanol–water partition coefficient (Wildman–Crippen LogP) is 2.44. The van der Waals surface area contributed by atoms with Gasteiger partial charge < -0.3 is 4.90 Å². The van der Waals surface area contributed by atoms with E-state index < -0.39 is 0 Å². The van der Waals surface area contributed by atoms with Crippen molar-refractivity contribution >= 4 is 11.6 Å². The van der Waals surface area contributed by atoms with Gasteiger partial charge in [0.25, 0.3) is 0 Å². The van der Waals surface area contributed by atoms with Crippen LogP contribution < -0.4 is 0 Å². The lowest BCUT2D eigenvalue weighted by atomic mass is 9.79. The Morgan fingerprint density at radius 3 is 2.79 bits per heavy atom. The minimum atomic E-state index is -0.179. The molecule has 5 rings (SSSR count). The molecule has 0 N–H and O–H groups in total. The van der Waals surface area contributed by atoms with E-state index in [0.717, 1.165) is 63.1 Å². The van der Waals surface area contributed by atoms with Crippen LogP contribution in [0, 0.1) is 16.7 Å². The van der Waals surface area contributed by atoms with Crippen molar-refractivity contribution in [2.45, 2.75) is 45.1 Å². The summed E-state index contributed by atoms with van der Waals surface area (Å²) in [7, 11) is 0. The summed E-state index contributed by atoms with van der Waals surface area (Å²) in [6, 6.07) is 8.86. The maximum absolute atomic E-state index is 13.1. The zero-order valence-electron chi connectivity index (χ0n) is 19.0. The van der Waals surface area contributed by atoms with Crippen molar-refractivity contribution in [3.05, 3.63) is 59.4 Å². The molecule has 1 fully saturated rings. The molecule has 3 aliphatic rings. The average molecular weight is 444 g/mol. The fourth-order valence-corrected chi connectivity index (χ4v) is 5.25. The summed E-state index contributed by atoms with van der Waals surface area (Å²) in [6.45, 7) is 5.58. The molecular weight excluding hydrogens is 414 g/mol. The smallest absolute Gasteiger partial charge is 0.223 e. The first kappa shape index (κ1) is 21.5. The van der Waals surface area contributed by atoms with Crippen LogP contribution in [-0.2, 0) is 17.6 Å². The number of nitrogens with zero attached hydrogens (tertiary/aromatic N) is 7. The summed E-state index contributed by atoms with van der Waals surface area (Å²) in [5.74, 6) is 0.235. The van der Waals surface area contributed by atoms with Crippen LogP contribution in [0.5, 0.6) is 0 Å². The Hall–Kier alpha value is -3.31. The van der Waals surface area contributed by atoms with E-state index in [0.29, 0.717) is 12.5 Å². The van der Waals surface area contributed by atoms with Crippen LogP contribution in [0.2, 0.25) is 0 Å². The number of piperazine rings is 1. The number of allylic oxidation sites excluding steroid dienone is 4. The van der Waals surface area contributed by atoms with E-state index in [9.17, 15) is 4.79 Å². The summed E-state index contributed by atoms with van der Waals surface area (Å²) < 4.78 is 1.64. The Balaban J connectivity index is 1.13. The first-order valence-corrected chi connectivity index (χ1v) is 11.7. The summed E-state index contributed by atoms with van der Waals surface area (Å²) in [5.41, 5.74) is 4.21. The average Bonchev–Trinajstić information content (AvgIpc) is 3.39. The Morgan fingerprint density at radius 1 is 1.24 bits per heavy atom. The summed E-state index contributed by atoms with van der Waals surface area (Å²) in [6.07, 6.45) is 12.3. The number of fused-ring (bicyclic) bond motifs is 1. The van der Waals surface area contributed by atoms with Crippen molar-refractivity contribution in [3.8, 4) is 6.07 Å². The van der Waals surface area contributed by atoms with Gasteiger partial charge >= 0.3 is 0 Å². The van der Waals surface area contributed by atoms with Gasteiger partial charge in [0.1, 0.15) is 6.33 Å². The van der Waals surface area contributed by atoms with Gasteiger partial charge in [0.15, 0.2) is 0 Å². The molecule has 2 heterocycles. The van der Waals surface area contributed by atoms with Crippen molar-refractivity contribution in [2.24, 2.45) is 5.41 Å². The first-order chi connectivity index (χ1) is 16.0. The molecular formula is C25H29N7O. The standard InChI is InChI=1S/C25H29N7O/c1-25(8-6-22(7-9-25)32-18-27-28-29-32)16-24(33)31-12-10-30(11-13-31)23-5-4-20-14-19(17-26)2-3-21(20)15-23/h2-3,6-8,14,18,23H,4-5,9-13,15-16H2,1H3. The van der Waals surface area contributed by atoms with Crippen molar-refractivity contribution in [3.63, 3.8) is 0 Å². The van der Waals surface area contributed by atoms with Crippen LogP contribution in [0.1, 0.15) is 42.9 Å². The van der Waals surface area contributed by atoms with Crippen LogP contribution >= 0.6 is 0 Å². The minimum Gasteiger partial charge on any atom is -0.340 e. The van der Waals surface area contributed by atoms with E-state index in [1.165, 1.54) is 11.1 Å². The van der Waals surface area contributed by atoms with Gasteiger partial charge in [-0.15, -0.1) is 5.10 Å². The Labute approximate surface area is 194 Å². The zero-order valence-corrected chi connectivity index (χ0v) is 19.0. The second kappa shape index (κ2) is 8.91. The van der Waals surface area contributed by atoms with Gasteiger partial charge in [-0.05, 0) is 70.9 Å². The number of hydrogen-bond acceptors (Lipinski definition) is 6. The number of rotatable bonds is 4. The van der Waals surface area contributed by atoms with E-state index in [-0.39, 0.29) is 11.3 Å². The molecule has 2 atom stereocenters. The molecule has 1 saturated heterocycles. The Kier molecular flexibility index (Phi) is 5.81. The lowest BCUT2D eigenvalue weighted by Crippen LogP contribution is -2.53. The number of carbonyl (C=O) groups excluding carboxylic acids is 1. The lowest BCUT2D eigenvalue weighted by Gasteiger charge is -2.42. The number of benzene rings is 1. The quantitative estimate of drug-likeness (QED) is 0.721. The molecule has 1 amide bonds. The molecule has 2 aromatic rings. The van der Waals surface area contributed by atoms with Crippen molar-refractivity contribution in [1.82, 2.24) is 30.0 Å². The molecule has 8 heteroatoms. The molecule has 170 valence electrons. The molecule has 0 radical (unpaired) electrons. The first-order valence-electron chi connectivity index (χ1n) is 11.7. The second-order valence-electron chi connectivity index (χ2n) is 9.66. The van der Waals surface area contributed by atoms with Crippen molar-refractivity contribution in [1.29, 1.82) is 5.26 Å². The summed E-state index contributed by atoms with van der Waals surface area (Å²) in [4.78, 5) is 17.7. The molecule has 1 aliphatic heterocycles. The van der Waals surface area contributed by atoms with E-state index >= 15 is 0 Å². The maximum Gasteiger partial charge on any atom is 0.223 e. The van der Waals surface area contributed by atoms with Gasteiger partial charge in [-0.1, -0.05) is 25.1 Å². The molecule has 1 aromatic heterocycles.